The van der Waals surface area contributed by atoms with Crippen molar-refractivity contribution in [1.29, 1.82) is 5.26 Å². The number of hydrogen-bond donors (Lipinski definition) is 0. The normalized spacial score (nSPS) is 9.95. The van der Waals surface area contributed by atoms with Crippen molar-refractivity contribution < 1.29 is 9.66 Å². The van der Waals surface area contributed by atoms with Gasteiger partial charge in [0.15, 0.2) is 0 Å². The van der Waals surface area contributed by atoms with Crippen LogP contribution in [0.25, 0.3) is 0 Å². The van der Waals surface area contributed by atoms with Crippen LogP contribution < -0.4 is 4.74 Å². The molecule has 0 aliphatic rings. The van der Waals surface area contributed by atoms with Crippen LogP contribution in [0.4, 0.5) is 5.69 Å². The van der Waals surface area contributed by atoms with Crippen molar-refractivity contribution in [3.8, 4) is 11.8 Å². The summed E-state index contributed by atoms with van der Waals surface area (Å²) in [6.07, 6.45) is 0. The van der Waals surface area contributed by atoms with Gasteiger partial charge in [0, 0.05) is 22.7 Å². The fourth-order valence-electron chi connectivity index (χ4n) is 1.62. The third-order valence-electron chi connectivity index (χ3n) is 2.69. The van der Waals surface area contributed by atoms with Gasteiger partial charge in [-0.3, -0.25) is 10.1 Å². The van der Waals surface area contributed by atoms with Crippen molar-refractivity contribution in [3.05, 3.63) is 67.7 Å². The monoisotopic (exact) mass is 322 g/mol. The van der Waals surface area contributed by atoms with Crippen LogP contribution in [0.3, 0.4) is 0 Å². The van der Waals surface area contributed by atoms with E-state index in [1.54, 1.807) is 18.2 Å². The minimum atomic E-state index is -0.566. The van der Waals surface area contributed by atoms with Crippen molar-refractivity contribution in [2.45, 2.75) is 6.61 Å². The zero-order chi connectivity index (χ0) is 15.4. The van der Waals surface area contributed by atoms with Gasteiger partial charge in [0.05, 0.1) is 16.6 Å². The Morgan fingerprint density at radius 3 is 2.52 bits per heavy atom. The average Bonchev–Trinajstić information content (AvgIpc) is 2.45. The fraction of sp³-hybridized carbons (Fsp3) is 0.0714. The maximum Gasteiger partial charge on any atom is 0.288 e. The molecule has 0 amide bonds. The highest BCUT2D eigenvalue weighted by atomic mass is 35.5. The van der Waals surface area contributed by atoms with Gasteiger partial charge in [-0.15, -0.1) is 0 Å². The minimum absolute atomic E-state index is 0.00317. The third-order valence-corrected chi connectivity index (χ3v) is 3.35. The molecule has 106 valence electrons. The molecule has 0 bridgehead atoms. The summed E-state index contributed by atoms with van der Waals surface area (Å²) in [7, 11) is 0. The van der Waals surface area contributed by atoms with Gasteiger partial charge in [-0.25, -0.2) is 0 Å². The lowest BCUT2D eigenvalue weighted by molar-refractivity contribution is -0.384. The van der Waals surface area contributed by atoms with Gasteiger partial charge in [-0.05, 0) is 18.2 Å². The first-order valence-electron chi connectivity index (χ1n) is 5.76. The van der Waals surface area contributed by atoms with Crippen LogP contribution in [0.1, 0.15) is 11.1 Å². The summed E-state index contributed by atoms with van der Waals surface area (Å²) in [5.74, 6) is 0.394. The highest BCUT2D eigenvalue weighted by Crippen LogP contribution is 2.29. The maximum absolute atomic E-state index is 10.7. The Labute approximate surface area is 130 Å². The molecule has 0 N–H and O–H groups in total. The van der Waals surface area contributed by atoms with E-state index in [1.165, 1.54) is 18.2 Å². The summed E-state index contributed by atoms with van der Waals surface area (Å²) in [6, 6.07) is 11.0. The van der Waals surface area contributed by atoms with Crippen molar-refractivity contribution >= 4 is 28.9 Å². The molecule has 0 aliphatic heterocycles. The lowest BCUT2D eigenvalue weighted by atomic mass is 10.1. The van der Waals surface area contributed by atoms with E-state index >= 15 is 0 Å². The summed E-state index contributed by atoms with van der Waals surface area (Å²) >= 11 is 11.8. The number of rotatable bonds is 4. The van der Waals surface area contributed by atoms with Crippen molar-refractivity contribution in [1.82, 2.24) is 0 Å². The third kappa shape index (κ3) is 3.63. The van der Waals surface area contributed by atoms with Gasteiger partial charge in [0.25, 0.3) is 5.69 Å². The summed E-state index contributed by atoms with van der Waals surface area (Å²) in [5, 5.41) is 19.8. The van der Waals surface area contributed by atoms with Crippen molar-refractivity contribution in [3.63, 3.8) is 0 Å². The predicted molar refractivity (Wildman–Crippen MR) is 78.6 cm³/mol. The van der Waals surface area contributed by atoms with E-state index in [0.717, 1.165) is 0 Å². The van der Waals surface area contributed by atoms with E-state index in [9.17, 15) is 10.1 Å². The molecule has 0 fully saturated rings. The Morgan fingerprint density at radius 1 is 1.19 bits per heavy atom. The first-order chi connectivity index (χ1) is 10.0. The molecule has 0 radical (unpaired) electrons. The number of halogens is 2. The van der Waals surface area contributed by atoms with Crippen LogP contribution in [-0.4, -0.2) is 4.92 Å². The van der Waals surface area contributed by atoms with Crippen LogP contribution in [-0.2, 0) is 6.61 Å². The molecule has 0 unspecified atom stereocenters. The van der Waals surface area contributed by atoms with Crippen LogP contribution in [0, 0.1) is 21.4 Å². The topological polar surface area (TPSA) is 76.2 Å². The van der Waals surface area contributed by atoms with Gasteiger partial charge in [-0.1, -0.05) is 29.3 Å². The molecule has 0 spiro atoms. The molecule has 0 saturated heterocycles. The van der Waals surface area contributed by atoms with Gasteiger partial charge in [0.2, 0.25) is 0 Å². The Hall–Kier alpha value is -2.29. The molecule has 0 heterocycles. The number of benzene rings is 2. The molecule has 0 atom stereocenters. The zero-order valence-corrected chi connectivity index (χ0v) is 12.1. The Kier molecular flexibility index (Phi) is 4.63. The fourth-order valence-corrected chi connectivity index (χ4v) is 2.10. The number of nitro groups is 1. The molecular formula is C14H8Cl2N2O3. The standard InChI is InChI=1S/C14H8Cl2N2O3/c15-12-5-9(7-17)1-2-10(12)8-21-11-3-4-14(18(19)20)13(16)6-11/h1-6H,8H2. The molecule has 0 saturated carbocycles. The molecule has 5 nitrogen and oxygen atoms in total. The smallest absolute Gasteiger partial charge is 0.288 e. The molecule has 2 rings (SSSR count). The minimum Gasteiger partial charge on any atom is -0.489 e. The second-order valence-corrected chi connectivity index (χ2v) is 4.89. The first-order valence-corrected chi connectivity index (χ1v) is 6.52. The second kappa shape index (κ2) is 6.44. The number of nitriles is 1. The Bertz CT molecular complexity index is 741. The number of ether oxygens (including phenoxy) is 1. The summed E-state index contributed by atoms with van der Waals surface area (Å²) < 4.78 is 5.49. The van der Waals surface area contributed by atoms with E-state index in [0.29, 0.717) is 21.9 Å². The van der Waals surface area contributed by atoms with Crippen LogP contribution >= 0.6 is 23.2 Å². The Morgan fingerprint density at radius 2 is 1.95 bits per heavy atom. The maximum atomic E-state index is 10.7. The quantitative estimate of drug-likeness (QED) is 0.619. The highest BCUT2D eigenvalue weighted by molar-refractivity contribution is 6.32. The lowest BCUT2D eigenvalue weighted by Crippen LogP contribution is -1.97. The van der Waals surface area contributed by atoms with Crippen molar-refractivity contribution in [2.75, 3.05) is 0 Å². The van der Waals surface area contributed by atoms with Crippen LogP contribution in [0.2, 0.25) is 10.0 Å². The molecule has 7 heteroatoms. The highest BCUT2D eigenvalue weighted by Gasteiger charge is 2.12. The van der Waals surface area contributed by atoms with Gasteiger partial charge < -0.3 is 4.74 Å². The zero-order valence-electron chi connectivity index (χ0n) is 10.5. The van der Waals surface area contributed by atoms with E-state index in [4.69, 9.17) is 33.2 Å². The lowest BCUT2D eigenvalue weighted by Gasteiger charge is -2.08. The van der Waals surface area contributed by atoms with Gasteiger partial charge in [0.1, 0.15) is 17.4 Å². The number of nitro benzene ring substituents is 1. The molecule has 0 aliphatic carbocycles. The average molecular weight is 323 g/mol. The molecule has 2 aromatic carbocycles. The Balaban J connectivity index is 2.12. The van der Waals surface area contributed by atoms with Crippen LogP contribution in [0.5, 0.6) is 5.75 Å². The van der Waals surface area contributed by atoms with E-state index in [-0.39, 0.29) is 17.3 Å². The summed E-state index contributed by atoms with van der Waals surface area (Å²) in [6.45, 7) is 0.165. The summed E-state index contributed by atoms with van der Waals surface area (Å²) in [4.78, 5) is 10.1. The van der Waals surface area contributed by atoms with Gasteiger partial charge in [-0.2, -0.15) is 5.26 Å². The van der Waals surface area contributed by atoms with E-state index < -0.39 is 4.92 Å². The van der Waals surface area contributed by atoms with E-state index in [2.05, 4.69) is 0 Å². The van der Waals surface area contributed by atoms with Gasteiger partial charge >= 0.3 is 0 Å². The number of hydrogen-bond acceptors (Lipinski definition) is 4. The second-order valence-electron chi connectivity index (χ2n) is 4.08. The molecule has 21 heavy (non-hydrogen) atoms. The first kappa shape index (κ1) is 15.1. The van der Waals surface area contributed by atoms with E-state index in [1.807, 2.05) is 6.07 Å². The predicted octanol–water partition coefficient (Wildman–Crippen LogP) is 4.35. The number of nitrogens with zero attached hydrogens (tertiary/aromatic N) is 2. The molecule has 2 aromatic rings. The van der Waals surface area contributed by atoms with Crippen LogP contribution in [0.15, 0.2) is 36.4 Å². The largest absolute Gasteiger partial charge is 0.489 e. The SMILES string of the molecule is N#Cc1ccc(COc2ccc([N+](=O)[O-])c(Cl)c2)c(Cl)c1. The van der Waals surface area contributed by atoms with Crippen molar-refractivity contribution in [2.24, 2.45) is 0 Å². The molecule has 0 aromatic heterocycles. The molecular weight excluding hydrogens is 315 g/mol. The summed E-state index contributed by atoms with van der Waals surface area (Å²) in [5.41, 5.74) is 0.979.